The number of ether oxygens (including phenoxy) is 4. The first-order valence-corrected chi connectivity index (χ1v) is 14.9. The summed E-state index contributed by atoms with van der Waals surface area (Å²) in [6.07, 6.45) is 9.25. The van der Waals surface area contributed by atoms with Gasteiger partial charge in [-0.1, -0.05) is 36.3 Å². The molecule has 0 spiro atoms. The zero-order chi connectivity index (χ0) is 30.5. The molecule has 0 radical (unpaired) electrons. The molecule has 0 saturated carbocycles. The van der Waals surface area contributed by atoms with Crippen molar-refractivity contribution in [1.29, 1.82) is 0 Å². The van der Waals surface area contributed by atoms with Crippen LogP contribution in [0, 0.1) is 23.7 Å². The molecule has 2 aromatic carbocycles. The second kappa shape index (κ2) is 19.4. The van der Waals surface area contributed by atoms with Crippen LogP contribution in [-0.2, 0) is 19.1 Å². The first-order chi connectivity index (χ1) is 21.1. The highest BCUT2D eigenvalue weighted by Gasteiger charge is 2.00. The summed E-state index contributed by atoms with van der Waals surface area (Å²) in [4.78, 5) is 27.2. The van der Waals surface area contributed by atoms with E-state index in [2.05, 4.69) is 41.8 Å². The van der Waals surface area contributed by atoms with Crippen LogP contribution in [0.5, 0.6) is 11.5 Å². The largest absolute Gasteiger partial charge is 0.494 e. The molecule has 0 amide bonds. The van der Waals surface area contributed by atoms with Gasteiger partial charge in [0.15, 0.2) is 5.01 Å². The fourth-order valence-electron chi connectivity index (χ4n) is 3.52. The molecule has 43 heavy (non-hydrogen) atoms. The number of nitrogens with zero attached hydrogens (tertiary/aromatic N) is 1. The van der Waals surface area contributed by atoms with E-state index in [1.54, 1.807) is 6.20 Å². The number of rotatable bonds is 16. The highest BCUT2D eigenvalue weighted by molar-refractivity contribution is 7.12. The smallest absolute Gasteiger partial charge is 0.330 e. The summed E-state index contributed by atoms with van der Waals surface area (Å²) < 4.78 is 21.4. The van der Waals surface area contributed by atoms with Crippen LogP contribution in [0.3, 0.4) is 0 Å². The van der Waals surface area contributed by atoms with Gasteiger partial charge in [-0.25, -0.2) is 14.6 Å². The summed E-state index contributed by atoms with van der Waals surface area (Å²) in [6, 6.07) is 15.3. The van der Waals surface area contributed by atoms with Crippen molar-refractivity contribution < 1.29 is 28.5 Å². The number of benzene rings is 2. The molecule has 0 saturated heterocycles. The average molecular weight is 598 g/mol. The summed E-state index contributed by atoms with van der Waals surface area (Å²) in [5.41, 5.74) is 1.75. The highest BCUT2D eigenvalue weighted by atomic mass is 32.1. The molecule has 3 aromatic rings. The molecule has 0 bridgehead atoms. The maximum absolute atomic E-state index is 11.0. The Bertz CT molecular complexity index is 1340. The van der Waals surface area contributed by atoms with Gasteiger partial charge in [0.05, 0.1) is 37.5 Å². The Kier molecular flexibility index (Phi) is 14.7. The number of hydrogen-bond acceptors (Lipinski definition) is 8. The third-order valence-corrected chi connectivity index (χ3v) is 6.62. The molecule has 1 aromatic heterocycles. The number of esters is 2. The zero-order valence-corrected chi connectivity index (χ0v) is 25.0. The van der Waals surface area contributed by atoms with E-state index in [1.807, 2.05) is 48.5 Å². The Morgan fingerprint density at radius 3 is 1.60 bits per heavy atom. The Balaban J connectivity index is 1.35. The van der Waals surface area contributed by atoms with Gasteiger partial charge in [-0.05, 0) is 98.9 Å². The van der Waals surface area contributed by atoms with Crippen molar-refractivity contribution in [1.82, 2.24) is 4.98 Å². The van der Waals surface area contributed by atoms with E-state index in [1.165, 1.54) is 23.5 Å². The van der Waals surface area contributed by atoms with Crippen molar-refractivity contribution in [2.24, 2.45) is 0 Å². The van der Waals surface area contributed by atoms with E-state index in [0.717, 1.165) is 66.0 Å². The molecule has 1 heterocycles. The Morgan fingerprint density at radius 2 is 1.12 bits per heavy atom. The van der Waals surface area contributed by atoms with E-state index in [4.69, 9.17) is 18.9 Å². The Hall–Kier alpha value is -4.79. The topological polar surface area (TPSA) is 84.0 Å². The maximum atomic E-state index is 11.0. The third kappa shape index (κ3) is 13.6. The normalized spacial score (nSPS) is 9.86. The van der Waals surface area contributed by atoms with Gasteiger partial charge < -0.3 is 18.9 Å². The molecule has 0 aliphatic carbocycles. The zero-order valence-electron chi connectivity index (χ0n) is 24.1. The second-order valence-corrected chi connectivity index (χ2v) is 10.2. The molecule has 0 atom stereocenters. The fourth-order valence-corrected chi connectivity index (χ4v) is 4.15. The van der Waals surface area contributed by atoms with Crippen molar-refractivity contribution in [3.63, 3.8) is 0 Å². The minimum Gasteiger partial charge on any atom is -0.494 e. The number of unbranched alkanes of at least 4 members (excludes halogenated alkanes) is 4. The fraction of sp³-hybridized carbons (Fsp3) is 0.286. The van der Waals surface area contributed by atoms with Crippen molar-refractivity contribution in [3.05, 3.63) is 101 Å². The molecule has 8 heteroatoms. The molecular formula is C35H35NO6S. The highest BCUT2D eigenvalue weighted by Crippen LogP contribution is 2.15. The minimum atomic E-state index is -0.388. The van der Waals surface area contributed by atoms with Crippen molar-refractivity contribution >= 4 is 23.3 Å². The predicted octanol–water partition coefficient (Wildman–Crippen LogP) is 6.50. The van der Waals surface area contributed by atoms with Crippen LogP contribution >= 0.6 is 11.3 Å². The minimum absolute atomic E-state index is 0.388. The second-order valence-electron chi connectivity index (χ2n) is 9.14. The summed E-state index contributed by atoms with van der Waals surface area (Å²) in [5, 5.41) is 0.700. The first-order valence-electron chi connectivity index (χ1n) is 14.1. The Labute approximate surface area is 257 Å². The van der Waals surface area contributed by atoms with Crippen LogP contribution in [0.25, 0.3) is 0 Å². The monoisotopic (exact) mass is 597 g/mol. The molecule has 0 unspecified atom stereocenters. The van der Waals surface area contributed by atoms with Crippen molar-refractivity contribution in [2.45, 2.75) is 38.5 Å². The number of carbonyl (C=O) groups excluding carboxylic acids is 2. The van der Waals surface area contributed by atoms with Gasteiger partial charge in [0.2, 0.25) is 0 Å². The lowest BCUT2D eigenvalue weighted by atomic mass is 10.2. The quantitative estimate of drug-likeness (QED) is 0.0807. The van der Waals surface area contributed by atoms with Crippen LogP contribution in [-0.4, -0.2) is 43.4 Å². The van der Waals surface area contributed by atoms with E-state index < -0.39 is 0 Å². The van der Waals surface area contributed by atoms with Crippen LogP contribution in [0.4, 0.5) is 0 Å². The first kappa shape index (κ1) is 32.7. The van der Waals surface area contributed by atoms with Gasteiger partial charge in [0.25, 0.3) is 0 Å². The molecule has 0 aliphatic rings. The van der Waals surface area contributed by atoms with E-state index in [9.17, 15) is 9.59 Å². The van der Waals surface area contributed by atoms with Gasteiger partial charge in [-0.15, -0.1) is 0 Å². The van der Waals surface area contributed by atoms with Crippen LogP contribution in [0.15, 0.2) is 80.0 Å². The van der Waals surface area contributed by atoms with Crippen molar-refractivity contribution in [2.75, 3.05) is 26.4 Å². The lowest BCUT2D eigenvalue weighted by Crippen LogP contribution is -2.03. The third-order valence-electron chi connectivity index (χ3n) is 5.79. The number of thiazole rings is 1. The maximum Gasteiger partial charge on any atom is 0.330 e. The molecule has 7 nitrogen and oxygen atoms in total. The number of carbonyl (C=O) groups is 2. The number of hydrogen-bond donors (Lipinski definition) is 0. The average Bonchev–Trinajstić information content (AvgIpc) is 3.50. The van der Waals surface area contributed by atoms with Crippen molar-refractivity contribution in [3.8, 4) is 35.2 Å². The standard InChI is InChI=1S/C35H35NO6S/c1-3-34(37)41-25-9-5-7-23-39-30-17-11-28(12-18-30)15-21-32-27-36-33(43-32)22-16-29-13-19-31(20-14-29)40-24-8-6-10-26-42-35(38)4-2/h3-4,11-14,17-20,27H,1-2,5-10,23-26H2. The summed E-state index contributed by atoms with van der Waals surface area (Å²) in [6.45, 7) is 8.74. The molecule has 0 aliphatic heterocycles. The van der Waals surface area contributed by atoms with Gasteiger partial charge in [0.1, 0.15) is 11.5 Å². The van der Waals surface area contributed by atoms with E-state index in [0.29, 0.717) is 31.4 Å². The van der Waals surface area contributed by atoms with E-state index >= 15 is 0 Å². The van der Waals surface area contributed by atoms with E-state index in [-0.39, 0.29) is 11.9 Å². The summed E-state index contributed by atoms with van der Waals surface area (Å²) in [5.74, 6) is 13.3. The predicted molar refractivity (Wildman–Crippen MR) is 168 cm³/mol. The molecule has 0 N–H and O–H groups in total. The summed E-state index contributed by atoms with van der Waals surface area (Å²) in [7, 11) is 0. The SMILES string of the molecule is C=CC(=O)OCCCCCOc1ccc(C#Cc2cnc(C#Cc3ccc(OCCCCCOC(=O)C=C)cc3)s2)cc1. The lowest BCUT2D eigenvalue weighted by molar-refractivity contribution is -0.138. The summed E-state index contributed by atoms with van der Waals surface area (Å²) >= 11 is 1.45. The molecule has 0 fully saturated rings. The van der Waals surface area contributed by atoms with Crippen LogP contribution < -0.4 is 9.47 Å². The van der Waals surface area contributed by atoms with Gasteiger partial charge >= 0.3 is 11.9 Å². The molecular weight excluding hydrogens is 562 g/mol. The molecule has 222 valence electrons. The van der Waals surface area contributed by atoms with Crippen LogP contribution in [0.2, 0.25) is 0 Å². The van der Waals surface area contributed by atoms with Gasteiger partial charge in [-0.3, -0.25) is 0 Å². The Morgan fingerprint density at radius 1 is 0.651 bits per heavy atom. The van der Waals surface area contributed by atoms with Gasteiger partial charge in [-0.2, -0.15) is 0 Å². The lowest BCUT2D eigenvalue weighted by Gasteiger charge is -2.06. The molecule has 3 rings (SSSR count). The van der Waals surface area contributed by atoms with Crippen LogP contribution in [0.1, 0.15) is 59.5 Å². The number of aromatic nitrogens is 1. The van der Waals surface area contributed by atoms with Gasteiger partial charge in [0, 0.05) is 23.3 Å².